The smallest absolute Gasteiger partial charge is 0.346 e. The molecule has 23 heavy (non-hydrogen) atoms. The van der Waals surface area contributed by atoms with Crippen LogP contribution in [0, 0.1) is 4.77 Å². The second-order valence-corrected chi connectivity index (χ2v) is 5.51. The number of H-pyrrole nitrogens is 1. The van der Waals surface area contributed by atoms with Crippen LogP contribution >= 0.6 is 12.2 Å². The first-order valence-corrected chi connectivity index (χ1v) is 7.45. The third-order valence-electron chi connectivity index (χ3n) is 3.80. The molecular weight excluding hydrogens is 310 g/mol. The zero-order valence-corrected chi connectivity index (χ0v) is 13.2. The lowest BCUT2D eigenvalue weighted by atomic mass is 10.2. The van der Waals surface area contributed by atoms with Gasteiger partial charge in [-0.05, 0) is 36.4 Å². The van der Waals surface area contributed by atoms with Crippen molar-refractivity contribution < 1.29 is 9.41 Å². The minimum Gasteiger partial charge on any atom is -0.497 e. The van der Waals surface area contributed by atoms with Gasteiger partial charge in [0, 0.05) is 17.8 Å². The van der Waals surface area contributed by atoms with Crippen LogP contribution in [0.4, 0.5) is 0 Å². The lowest BCUT2D eigenvalue weighted by molar-refractivity contribution is -0.618. The highest BCUT2D eigenvalue weighted by Gasteiger charge is 2.20. The molecular formula is C16H14N5OS+. The molecule has 0 aliphatic heterocycles. The number of benzene rings is 2. The van der Waals surface area contributed by atoms with Crippen molar-refractivity contribution in [1.29, 1.82) is 0 Å². The Bertz CT molecular complexity index is 1080. The van der Waals surface area contributed by atoms with Crippen LogP contribution in [-0.2, 0) is 0 Å². The maximum Gasteiger partial charge on any atom is 0.346 e. The van der Waals surface area contributed by atoms with Crippen LogP contribution in [0.15, 0.2) is 48.5 Å². The molecule has 6 nitrogen and oxygen atoms in total. The first-order chi connectivity index (χ1) is 11.2. The van der Waals surface area contributed by atoms with E-state index in [0.717, 1.165) is 33.7 Å². The molecule has 2 aromatic carbocycles. The number of hydrogen-bond donors (Lipinski definition) is 2. The van der Waals surface area contributed by atoms with Crippen LogP contribution in [0.25, 0.3) is 27.9 Å². The maximum absolute atomic E-state index is 6.11. The average Bonchev–Trinajstić information content (AvgIpc) is 2.90. The molecule has 4 rings (SSSR count). The fraction of sp³-hybridized carbons (Fsp3) is 0.0625. The van der Waals surface area contributed by atoms with E-state index in [1.807, 2.05) is 53.0 Å². The summed E-state index contributed by atoms with van der Waals surface area (Å²) in [4.78, 5) is 4.76. The summed E-state index contributed by atoms with van der Waals surface area (Å²) in [6.07, 6.45) is 0. The molecule has 0 saturated carbocycles. The van der Waals surface area contributed by atoms with E-state index >= 15 is 0 Å². The normalized spacial score (nSPS) is 11.2. The Morgan fingerprint density at radius 3 is 2.65 bits per heavy atom. The summed E-state index contributed by atoms with van der Waals surface area (Å²) in [5.74, 6) is 7.63. The molecule has 0 aliphatic rings. The van der Waals surface area contributed by atoms with E-state index in [1.165, 1.54) is 4.68 Å². The number of nitrogen functional groups attached to an aromatic ring is 1. The third-order valence-corrected chi connectivity index (χ3v) is 4.09. The number of nitrogens with one attached hydrogen (secondary N) is 1. The highest BCUT2D eigenvalue weighted by molar-refractivity contribution is 7.71. The SMILES string of the molecule is COc1ccc(-c2nc3ccccc3c3n2[nH]c(=S)[n+]3N)cc1. The minimum atomic E-state index is 0.429. The van der Waals surface area contributed by atoms with Crippen LogP contribution in [0.1, 0.15) is 0 Å². The second kappa shape index (κ2) is 5.06. The number of ether oxygens (including phenoxy) is 1. The zero-order valence-electron chi connectivity index (χ0n) is 12.4. The van der Waals surface area contributed by atoms with E-state index in [4.69, 9.17) is 27.8 Å². The van der Waals surface area contributed by atoms with E-state index in [9.17, 15) is 0 Å². The fourth-order valence-corrected chi connectivity index (χ4v) is 2.85. The third kappa shape index (κ3) is 2.05. The van der Waals surface area contributed by atoms with Gasteiger partial charge in [-0.1, -0.05) is 16.6 Å². The van der Waals surface area contributed by atoms with Gasteiger partial charge in [0.25, 0.3) is 5.65 Å². The number of para-hydroxylation sites is 1. The van der Waals surface area contributed by atoms with Crippen LogP contribution in [-0.4, -0.2) is 21.7 Å². The van der Waals surface area contributed by atoms with E-state index in [-0.39, 0.29) is 0 Å². The Morgan fingerprint density at radius 2 is 1.91 bits per heavy atom. The van der Waals surface area contributed by atoms with Gasteiger partial charge in [-0.25, -0.2) is 4.98 Å². The topological polar surface area (TPSA) is 72.2 Å². The van der Waals surface area contributed by atoms with Crippen molar-refractivity contribution in [2.24, 2.45) is 0 Å². The van der Waals surface area contributed by atoms with Gasteiger partial charge in [0.1, 0.15) is 5.75 Å². The Morgan fingerprint density at radius 1 is 1.17 bits per heavy atom. The first-order valence-electron chi connectivity index (χ1n) is 7.04. The Kier molecular flexibility index (Phi) is 3.02. The number of rotatable bonds is 2. The lowest BCUT2D eigenvalue weighted by Gasteiger charge is -2.04. The standard InChI is InChI=1S/C16H13N5OS/c1-22-11-8-6-10(7-9-11)14-18-13-5-3-2-4-12(13)15-20(17)16(23)19-21(14)15/h2-9H,17H2,1H3/p+1. The summed E-state index contributed by atoms with van der Waals surface area (Å²) in [6.45, 7) is 0. The van der Waals surface area contributed by atoms with Crippen LogP contribution < -0.4 is 15.3 Å². The zero-order chi connectivity index (χ0) is 16.0. The second-order valence-electron chi connectivity index (χ2n) is 5.13. The Hall–Kier alpha value is -2.93. The predicted octanol–water partition coefficient (Wildman–Crippen LogP) is 2.22. The van der Waals surface area contributed by atoms with Crippen molar-refractivity contribution >= 4 is 28.8 Å². The largest absolute Gasteiger partial charge is 0.497 e. The van der Waals surface area contributed by atoms with E-state index in [2.05, 4.69) is 5.10 Å². The molecule has 114 valence electrons. The number of fused-ring (bicyclic) bond motifs is 3. The molecule has 0 radical (unpaired) electrons. The highest BCUT2D eigenvalue weighted by atomic mass is 32.1. The van der Waals surface area contributed by atoms with Gasteiger partial charge in [0.05, 0.1) is 18.0 Å². The number of nitrogens with two attached hydrogens (primary N) is 1. The number of aromatic amines is 1. The Balaban J connectivity index is 2.12. The summed E-state index contributed by atoms with van der Waals surface area (Å²) in [6, 6.07) is 15.5. The first kappa shape index (κ1) is 13.7. The summed E-state index contributed by atoms with van der Waals surface area (Å²) in [5, 5.41) is 4.02. The molecule has 0 spiro atoms. The van der Waals surface area contributed by atoms with Crippen LogP contribution in [0.2, 0.25) is 0 Å². The number of nitrogens with zero attached hydrogens (tertiary/aromatic N) is 3. The summed E-state index contributed by atoms with van der Waals surface area (Å²) >= 11 is 5.28. The molecule has 4 aromatic rings. The molecule has 2 aromatic heterocycles. The van der Waals surface area contributed by atoms with E-state index in [0.29, 0.717) is 4.77 Å². The molecule has 7 heteroatoms. The van der Waals surface area contributed by atoms with Crippen LogP contribution in [0.5, 0.6) is 5.75 Å². The monoisotopic (exact) mass is 324 g/mol. The predicted molar refractivity (Wildman–Crippen MR) is 90.2 cm³/mol. The number of hydrogen-bond acceptors (Lipinski definition) is 4. The van der Waals surface area contributed by atoms with Gasteiger partial charge in [0.2, 0.25) is 5.82 Å². The Labute approximate surface area is 136 Å². The molecule has 0 amide bonds. The van der Waals surface area contributed by atoms with Gasteiger partial charge in [-0.15, -0.1) is 9.77 Å². The van der Waals surface area contributed by atoms with Crippen molar-refractivity contribution in [1.82, 2.24) is 14.6 Å². The number of aromatic nitrogens is 4. The highest BCUT2D eigenvalue weighted by Crippen LogP contribution is 2.24. The van der Waals surface area contributed by atoms with Gasteiger partial charge in [-0.2, -0.15) is 0 Å². The lowest BCUT2D eigenvalue weighted by Crippen LogP contribution is -2.44. The molecule has 0 atom stereocenters. The van der Waals surface area contributed by atoms with Gasteiger partial charge < -0.3 is 4.74 Å². The van der Waals surface area contributed by atoms with Crippen molar-refractivity contribution in [3.63, 3.8) is 0 Å². The van der Waals surface area contributed by atoms with Crippen LogP contribution in [0.3, 0.4) is 0 Å². The average molecular weight is 324 g/mol. The summed E-state index contributed by atoms with van der Waals surface area (Å²) < 4.78 is 8.92. The summed E-state index contributed by atoms with van der Waals surface area (Å²) in [7, 11) is 1.64. The molecule has 0 fully saturated rings. The minimum absolute atomic E-state index is 0.429. The molecule has 0 bridgehead atoms. The maximum atomic E-state index is 6.11. The van der Waals surface area contributed by atoms with E-state index < -0.39 is 0 Å². The van der Waals surface area contributed by atoms with E-state index in [1.54, 1.807) is 7.11 Å². The number of methoxy groups -OCH3 is 1. The van der Waals surface area contributed by atoms with Crippen molar-refractivity contribution in [3.8, 4) is 17.1 Å². The van der Waals surface area contributed by atoms with Crippen molar-refractivity contribution in [3.05, 3.63) is 53.3 Å². The van der Waals surface area contributed by atoms with Gasteiger partial charge in [0.15, 0.2) is 0 Å². The molecule has 2 heterocycles. The molecule has 3 N–H and O–H groups in total. The fourth-order valence-electron chi connectivity index (χ4n) is 2.67. The molecule has 0 saturated heterocycles. The van der Waals surface area contributed by atoms with Gasteiger partial charge in [-0.3, -0.25) is 5.84 Å². The van der Waals surface area contributed by atoms with Gasteiger partial charge >= 0.3 is 4.77 Å². The van der Waals surface area contributed by atoms with Crippen molar-refractivity contribution in [2.45, 2.75) is 0 Å². The summed E-state index contributed by atoms with van der Waals surface area (Å²) in [5.41, 5.74) is 2.56. The molecule has 0 unspecified atom stereocenters. The van der Waals surface area contributed by atoms with Crippen molar-refractivity contribution in [2.75, 3.05) is 13.0 Å². The quantitative estimate of drug-likeness (QED) is 0.337. The molecule has 0 aliphatic carbocycles.